The van der Waals surface area contributed by atoms with Gasteiger partial charge in [0.05, 0.1) is 6.54 Å². The van der Waals surface area contributed by atoms with E-state index < -0.39 is 0 Å². The molecule has 2 saturated heterocycles. The second-order valence-corrected chi connectivity index (χ2v) is 8.48. The van der Waals surface area contributed by atoms with Crippen molar-refractivity contribution in [1.82, 2.24) is 15.6 Å². The molecular formula is C24H31F2N5O. The molecule has 3 heterocycles. The number of anilines is 1. The number of guanidine groups is 1. The Kier molecular flexibility index (Phi) is 7.19. The number of aliphatic imine (C=N–C) groups is 1. The SMILES string of the molecule is CCNC(=NCC1(c2cccc(F)c2)CCOCC1)NC1CCN(c2ncccc2F)C1. The monoisotopic (exact) mass is 443 g/mol. The molecule has 0 aliphatic carbocycles. The van der Waals surface area contributed by atoms with E-state index in [1.807, 2.05) is 17.9 Å². The van der Waals surface area contributed by atoms with E-state index >= 15 is 0 Å². The van der Waals surface area contributed by atoms with Crippen molar-refractivity contribution in [3.8, 4) is 0 Å². The van der Waals surface area contributed by atoms with Crippen LogP contribution >= 0.6 is 0 Å². The number of nitrogens with one attached hydrogen (secondary N) is 2. The highest BCUT2D eigenvalue weighted by molar-refractivity contribution is 5.80. The zero-order valence-electron chi connectivity index (χ0n) is 18.5. The van der Waals surface area contributed by atoms with Crippen LogP contribution in [0.1, 0.15) is 31.7 Å². The van der Waals surface area contributed by atoms with Gasteiger partial charge in [-0.2, -0.15) is 0 Å². The average Bonchev–Trinajstić information content (AvgIpc) is 3.27. The lowest BCUT2D eigenvalue weighted by atomic mass is 9.74. The Morgan fingerprint density at radius 3 is 2.84 bits per heavy atom. The molecule has 1 aromatic heterocycles. The fourth-order valence-electron chi connectivity index (χ4n) is 4.54. The van der Waals surface area contributed by atoms with Gasteiger partial charge in [-0.05, 0) is 56.0 Å². The van der Waals surface area contributed by atoms with Gasteiger partial charge in [-0.1, -0.05) is 12.1 Å². The fraction of sp³-hybridized carbons (Fsp3) is 0.500. The largest absolute Gasteiger partial charge is 0.381 e. The van der Waals surface area contributed by atoms with E-state index in [9.17, 15) is 8.78 Å². The summed E-state index contributed by atoms with van der Waals surface area (Å²) < 4.78 is 33.7. The summed E-state index contributed by atoms with van der Waals surface area (Å²) in [4.78, 5) is 11.1. The molecule has 8 heteroatoms. The smallest absolute Gasteiger partial charge is 0.191 e. The molecule has 2 aliphatic heterocycles. The van der Waals surface area contributed by atoms with Crippen LogP contribution in [0.25, 0.3) is 0 Å². The van der Waals surface area contributed by atoms with Crippen molar-refractivity contribution in [2.24, 2.45) is 4.99 Å². The Hall–Kier alpha value is -2.74. The second-order valence-electron chi connectivity index (χ2n) is 8.48. The first-order valence-corrected chi connectivity index (χ1v) is 11.3. The van der Waals surface area contributed by atoms with Gasteiger partial charge in [0.15, 0.2) is 17.6 Å². The summed E-state index contributed by atoms with van der Waals surface area (Å²) in [6, 6.07) is 10.0. The van der Waals surface area contributed by atoms with Crippen LogP contribution in [0.2, 0.25) is 0 Å². The molecule has 2 fully saturated rings. The van der Waals surface area contributed by atoms with E-state index in [2.05, 4.69) is 15.6 Å². The van der Waals surface area contributed by atoms with Crippen LogP contribution in [0.5, 0.6) is 0 Å². The van der Waals surface area contributed by atoms with Crippen LogP contribution in [-0.4, -0.2) is 56.4 Å². The number of rotatable bonds is 6. The molecule has 2 aliphatic rings. The van der Waals surface area contributed by atoms with Crippen LogP contribution < -0.4 is 15.5 Å². The molecule has 0 amide bonds. The summed E-state index contributed by atoms with van der Waals surface area (Å²) in [5.41, 5.74) is 0.722. The predicted molar refractivity (Wildman–Crippen MR) is 122 cm³/mol. The molecule has 0 radical (unpaired) electrons. The highest BCUT2D eigenvalue weighted by atomic mass is 19.1. The van der Waals surface area contributed by atoms with Gasteiger partial charge in [0.25, 0.3) is 0 Å². The maximum absolute atomic E-state index is 14.1. The molecule has 172 valence electrons. The normalized spacial score (nSPS) is 20.9. The quantitative estimate of drug-likeness (QED) is 0.530. The van der Waals surface area contributed by atoms with Gasteiger partial charge in [0, 0.05) is 50.5 Å². The first-order chi connectivity index (χ1) is 15.6. The summed E-state index contributed by atoms with van der Waals surface area (Å²) in [6.45, 7) is 5.97. The van der Waals surface area contributed by atoms with Crippen molar-refractivity contribution < 1.29 is 13.5 Å². The number of ether oxygens (including phenoxy) is 1. The summed E-state index contributed by atoms with van der Waals surface area (Å²) in [5, 5.41) is 6.82. The Balaban J connectivity index is 1.47. The molecular weight excluding hydrogens is 412 g/mol. The number of nitrogens with zero attached hydrogens (tertiary/aromatic N) is 3. The average molecular weight is 444 g/mol. The maximum atomic E-state index is 14.1. The molecule has 0 spiro atoms. The molecule has 32 heavy (non-hydrogen) atoms. The minimum atomic E-state index is -0.301. The number of benzene rings is 1. The third-order valence-corrected chi connectivity index (χ3v) is 6.34. The maximum Gasteiger partial charge on any atom is 0.191 e. The Bertz CT molecular complexity index is 932. The third-order valence-electron chi connectivity index (χ3n) is 6.34. The summed E-state index contributed by atoms with van der Waals surface area (Å²) >= 11 is 0. The molecule has 1 aromatic carbocycles. The third kappa shape index (κ3) is 5.18. The van der Waals surface area contributed by atoms with Crippen LogP contribution in [-0.2, 0) is 10.2 Å². The second kappa shape index (κ2) is 10.3. The highest BCUT2D eigenvalue weighted by Gasteiger charge is 2.35. The van der Waals surface area contributed by atoms with Gasteiger partial charge < -0.3 is 20.3 Å². The number of halogens is 2. The fourth-order valence-corrected chi connectivity index (χ4v) is 4.54. The highest BCUT2D eigenvalue weighted by Crippen LogP contribution is 2.35. The van der Waals surface area contributed by atoms with Crippen LogP contribution in [0.3, 0.4) is 0 Å². The standard InChI is InChI=1S/C24H31F2N5O/c1-2-27-23(30-20-8-12-31(16-20)22-21(26)7-4-11-28-22)29-17-24(9-13-32-14-10-24)18-5-3-6-19(25)15-18/h3-7,11,15,20H,2,8-10,12-14,16-17H2,1H3,(H2,27,29,30). The molecule has 1 unspecified atom stereocenters. The molecule has 4 rings (SSSR count). The lowest BCUT2D eigenvalue weighted by Gasteiger charge is -2.36. The van der Waals surface area contributed by atoms with Crippen LogP contribution in [0.15, 0.2) is 47.6 Å². The van der Waals surface area contributed by atoms with Crippen molar-refractivity contribution in [2.45, 2.75) is 37.6 Å². The van der Waals surface area contributed by atoms with Gasteiger partial charge in [0.2, 0.25) is 0 Å². The number of hydrogen-bond acceptors (Lipinski definition) is 4. The Labute approximate surface area is 188 Å². The molecule has 0 saturated carbocycles. The number of hydrogen-bond donors (Lipinski definition) is 2. The van der Waals surface area contributed by atoms with E-state index in [4.69, 9.17) is 9.73 Å². The van der Waals surface area contributed by atoms with Crippen molar-refractivity contribution >= 4 is 11.8 Å². The van der Waals surface area contributed by atoms with Crippen molar-refractivity contribution in [3.05, 3.63) is 59.8 Å². The Morgan fingerprint density at radius 1 is 1.25 bits per heavy atom. The summed E-state index contributed by atoms with van der Waals surface area (Å²) in [7, 11) is 0. The number of pyridine rings is 1. The van der Waals surface area contributed by atoms with Crippen LogP contribution in [0.4, 0.5) is 14.6 Å². The molecule has 6 nitrogen and oxygen atoms in total. The van der Waals surface area contributed by atoms with E-state index in [1.54, 1.807) is 24.4 Å². The zero-order chi connectivity index (χ0) is 22.4. The minimum absolute atomic E-state index is 0.133. The predicted octanol–water partition coefficient (Wildman–Crippen LogP) is 3.24. The minimum Gasteiger partial charge on any atom is -0.381 e. The van der Waals surface area contributed by atoms with Gasteiger partial charge in [-0.25, -0.2) is 13.8 Å². The lowest BCUT2D eigenvalue weighted by molar-refractivity contribution is 0.0530. The molecule has 2 N–H and O–H groups in total. The van der Waals surface area contributed by atoms with E-state index in [-0.39, 0.29) is 23.1 Å². The molecule has 1 atom stereocenters. The topological polar surface area (TPSA) is 61.8 Å². The summed E-state index contributed by atoms with van der Waals surface area (Å²) in [5.74, 6) is 0.592. The van der Waals surface area contributed by atoms with Crippen LogP contribution in [0, 0.1) is 11.6 Å². The van der Waals surface area contributed by atoms with E-state index in [1.165, 1.54) is 12.1 Å². The lowest BCUT2D eigenvalue weighted by Crippen LogP contribution is -2.46. The molecule has 2 aromatic rings. The van der Waals surface area contributed by atoms with Gasteiger partial charge >= 0.3 is 0 Å². The van der Waals surface area contributed by atoms with Gasteiger partial charge in [0.1, 0.15) is 5.82 Å². The zero-order valence-corrected chi connectivity index (χ0v) is 18.5. The first kappa shape index (κ1) is 22.5. The first-order valence-electron chi connectivity index (χ1n) is 11.3. The molecule has 0 bridgehead atoms. The Morgan fingerprint density at radius 2 is 2.09 bits per heavy atom. The van der Waals surface area contributed by atoms with Crippen molar-refractivity contribution in [1.29, 1.82) is 0 Å². The number of aromatic nitrogens is 1. The van der Waals surface area contributed by atoms with Crippen molar-refractivity contribution in [3.63, 3.8) is 0 Å². The van der Waals surface area contributed by atoms with Crippen molar-refractivity contribution in [2.75, 3.05) is 44.3 Å². The van der Waals surface area contributed by atoms with Gasteiger partial charge in [-0.3, -0.25) is 4.99 Å². The van der Waals surface area contributed by atoms with E-state index in [0.29, 0.717) is 32.1 Å². The summed E-state index contributed by atoms with van der Waals surface area (Å²) in [6.07, 6.45) is 4.08. The van der Waals surface area contributed by atoms with E-state index in [0.717, 1.165) is 43.9 Å². The van der Waals surface area contributed by atoms with Gasteiger partial charge in [-0.15, -0.1) is 0 Å².